The summed E-state index contributed by atoms with van der Waals surface area (Å²) in [5.74, 6) is 0.808. The average molecular weight is 462 g/mol. The summed E-state index contributed by atoms with van der Waals surface area (Å²) in [6.45, 7) is 3.55. The van der Waals surface area contributed by atoms with Crippen LogP contribution in [-0.4, -0.2) is 30.8 Å². The summed E-state index contributed by atoms with van der Waals surface area (Å²) < 4.78 is 7.64. The van der Waals surface area contributed by atoms with Gasteiger partial charge in [-0.15, -0.1) is 10.2 Å². The highest BCUT2D eigenvalue weighted by Crippen LogP contribution is 2.30. The van der Waals surface area contributed by atoms with Crippen LogP contribution in [0.5, 0.6) is 5.75 Å². The van der Waals surface area contributed by atoms with Crippen molar-refractivity contribution in [3.8, 4) is 5.75 Å². The molecular formula is C20H20ClN5O4S. The lowest BCUT2D eigenvalue weighted by Crippen LogP contribution is -2.23. The highest BCUT2D eigenvalue weighted by molar-refractivity contribution is 8.00. The molecule has 0 bridgehead atoms. The summed E-state index contributed by atoms with van der Waals surface area (Å²) in [5, 5.41) is 22.4. The van der Waals surface area contributed by atoms with Gasteiger partial charge in [-0.1, -0.05) is 41.6 Å². The van der Waals surface area contributed by atoms with E-state index in [1.165, 1.54) is 30.0 Å². The average Bonchev–Trinajstić information content (AvgIpc) is 3.10. The summed E-state index contributed by atoms with van der Waals surface area (Å²) in [7, 11) is 1.79. The number of aromatic nitrogens is 3. The Morgan fingerprint density at radius 3 is 2.68 bits per heavy atom. The van der Waals surface area contributed by atoms with Crippen molar-refractivity contribution in [2.24, 2.45) is 7.05 Å². The first-order valence-corrected chi connectivity index (χ1v) is 10.5. The molecule has 0 radical (unpaired) electrons. The van der Waals surface area contributed by atoms with Gasteiger partial charge in [0.2, 0.25) is 5.91 Å². The van der Waals surface area contributed by atoms with Gasteiger partial charge >= 0.3 is 0 Å². The first-order chi connectivity index (χ1) is 14.8. The second-order valence-corrected chi connectivity index (χ2v) is 8.36. The number of nitrogens with zero attached hydrogens (tertiary/aromatic N) is 4. The molecule has 1 aromatic heterocycles. The number of para-hydroxylation sites is 1. The van der Waals surface area contributed by atoms with E-state index in [2.05, 4.69) is 15.5 Å². The molecule has 0 saturated carbocycles. The van der Waals surface area contributed by atoms with Crippen LogP contribution in [0.1, 0.15) is 25.8 Å². The van der Waals surface area contributed by atoms with Gasteiger partial charge in [0.25, 0.3) is 5.69 Å². The van der Waals surface area contributed by atoms with Gasteiger partial charge in [-0.05, 0) is 32.0 Å². The van der Waals surface area contributed by atoms with Crippen molar-refractivity contribution < 1.29 is 14.5 Å². The molecule has 1 heterocycles. The fourth-order valence-electron chi connectivity index (χ4n) is 2.72. The minimum absolute atomic E-state index is 0.0939. The number of thioether (sulfide) groups is 1. The number of nitro groups is 1. The molecule has 2 atom stereocenters. The molecule has 0 aliphatic carbocycles. The van der Waals surface area contributed by atoms with Crippen molar-refractivity contribution >= 4 is 40.6 Å². The van der Waals surface area contributed by atoms with Crippen LogP contribution in [0.15, 0.2) is 53.7 Å². The van der Waals surface area contributed by atoms with E-state index in [-0.39, 0.29) is 11.6 Å². The van der Waals surface area contributed by atoms with Crippen molar-refractivity contribution in [2.75, 3.05) is 5.32 Å². The van der Waals surface area contributed by atoms with Crippen LogP contribution in [0, 0.1) is 10.1 Å². The van der Waals surface area contributed by atoms with Gasteiger partial charge in [0.1, 0.15) is 5.75 Å². The monoisotopic (exact) mass is 461 g/mol. The molecule has 2 unspecified atom stereocenters. The van der Waals surface area contributed by atoms with Crippen LogP contribution in [0.3, 0.4) is 0 Å². The third-order valence-corrected chi connectivity index (χ3v) is 5.79. The third-order valence-electron chi connectivity index (χ3n) is 4.35. The fraction of sp³-hybridized carbons (Fsp3) is 0.250. The van der Waals surface area contributed by atoms with E-state index in [4.69, 9.17) is 16.3 Å². The Hall–Kier alpha value is -3.11. The number of ether oxygens (including phenoxy) is 1. The number of carbonyl (C=O) groups is 1. The number of halogens is 1. The number of rotatable bonds is 8. The predicted molar refractivity (Wildman–Crippen MR) is 119 cm³/mol. The molecule has 9 nitrogen and oxygen atoms in total. The fourth-order valence-corrected chi connectivity index (χ4v) is 3.72. The third kappa shape index (κ3) is 5.53. The molecule has 3 aromatic rings. The maximum absolute atomic E-state index is 12.5. The first-order valence-electron chi connectivity index (χ1n) is 9.28. The SMILES string of the molecule is CC(Sc1nnc(C(C)Oc2ccccc2Cl)n1C)C(=O)Nc1cccc([N+](=O)[O-])c1. The van der Waals surface area contributed by atoms with Crippen molar-refractivity contribution in [2.45, 2.75) is 30.4 Å². The van der Waals surface area contributed by atoms with E-state index < -0.39 is 16.3 Å². The summed E-state index contributed by atoms with van der Waals surface area (Å²) >= 11 is 7.36. The normalized spacial score (nSPS) is 12.8. The number of non-ortho nitro benzene ring substituents is 1. The standard InChI is InChI=1S/C20H20ClN5O4S/c1-12(30-17-10-5-4-9-16(17)21)18-23-24-20(25(18)3)31-13(2)19(27)22-14-7-6-8-15(11-14)26(28)29/h4-13H,1-3H3,(H,22,27). The highest BCUT2D eigenvalue weighted by Gasteiger charge is 2.22. The van der Waals surface area contributed by atoms with E-state index in [9.17, 15) is 14.9 Å². The van der Waals surface area contributed by atoms with Crippen LogP contribution in [0.25, 0.3) is 0 Å². The number of hydrogen-bond donors (Lipinski definition) is 1. The lowest BCUT2D eigenvalue weighted by molar-refractivity contribution is -0.384. The Morgan fingerprint density at radius 1 is 1.23 bits per heavy atom. The van der Waals surface area contributed by atoms with E-state index in [0.717, 1.165) is 0 Å². The largest absolute Gasteiger partial charge is 0.481 e. The zero-order chi connectivity index (χ0) is 22.5. The molecule has 162 valence electrons. The lowest BCUT2D eigenvalue weighted by atomic mass is 10.2. The van der Waals surface area contributed by atoms with Crippen molar-refractivity contribution in [1.29, 1.82) is 0 Å². The van der Waals surface area contributed by atoms with E-state index in [1.54, 1.807) is 36.7 Å². The Balaban J connectivity index is 1.65. The van der Waals surface area contributed by atoms with Crippen molar-refractivity contribution in [1.82, 2.24) is 14.8 Å². The quantitative estimate of drug-likeness (QED) is 0.295. The van der Waals surface area contributed by atoms with Gasteiger partial charge in [0.05, 0.1) is 15.2 Å². The summed E-state index contributed by atoms with van der Waals surface area (Å²) in [4.78, 5) is 22.9. The van der Waals surface area contributed by atoms with E-state index >= 15 is 0 Å². The van der Waals surface area contributed by atoms with Gasteiger partial charge in [-0.25, -0.2) is 0 Å². The zero-order valence-electron chi connectivity index (χ0n) is 17.0. The Kier molecular flexibility index (Phi) is 7.13. The maximum atomic E-state index is 12.5. The molecule has 0 aliphatic rings. The molecule has 11 heteroatoms. The number of benzene rings is 2. The molecular weight excluding hydrogens is 442 g/mol. The zero-order valence-corrected chi connectivity index (χ0v) is 18.6. The first kappa shape index (κ1) is 22.6. The Bertz CT molecular complexity index is 1110. The molecule has 1 N–H and O–H groups in total. The summed E-state index contributed by atoms with van der Waals surface area (Å²) in [6, 6.07) is 12.9. The number of hydrogen-bond acceptors (Lipinski definition) is 7. The molecule has 1 amide bonds. The number of amides is 1. The summed E-state index contributed by atoms with van der Waals surface area (Å²) in [5.41, 5.74) is 0.260. The smallest absolute Gasteiger partial charge is 0.271 e. The maximum Gasteiger partial charge on any atom is 0.271 e. The Morgan fingerprint density at radius 2 is 1.97 bits per heavy atom. The highest BCUT2D eigenvalue weighted by atomic mass is 35.5. The van der Waals surface area contributed by atoms with Crippen LogP contribution < -0.4 is 10.1 Å². The molecule has 0 spiro atoms. The lowest BCUT2D eigenvalue weighted by Gasteiger charge is -2.15. The minimum Gasteiger partial charge on any atom is -0.481 e. The van der Waals surface area contributed by atoms with Crippen LogP contribution in [0.2, 0.25) is 5.02 Å². The molecule has 0 fully saturated rings. The minimum atomic E-state index is -0.519. The summed E-state index contributed by atoms with van der Waals surface area (Å²) in [6.07, 6.45) is -0.416. The van der Waals surface area contributed by atoms with E-state index in [1.807, 2.05) is 19.1 Å². The second kappa shape index (κ2) is 9.80. The second-order valence-electron chi connectivity index (χ2n) is 6.65. The van der Waals surface area contributed by atoms with Crippen LogP contribution >= 0.6 is 23.4 Å². The van der Waals surface area contributed by atoms with Gasteiger partial charge in [0.15, 0.2) is 17.1 Å². The van der Waals surface area contributed by atoms with Crippen LogP contribution in [-0.2, 0) is 11.8 Å². The topological polar surface area (TPSA) is 112 Å². The van der Waals surface area contributed by atoms with Gasteiger partial charge in [-0.2, -0.15) is 0 Å². The number of nitro benzene ring substituents is 1. The van der Waals surface area contributed by atoms with Crippen molar-refractivity contribution in [3.05, 3.63) is 69.5 Å². The van der Waals surface area contributed by atoms with Gasteiger partial charge < -0.3 is 14.6 Å². The molecule has 3 rings (SSSR count). The number of carbonyl (C=O) groups excluding carboxylic acids is 1. The number of nitrogens with one attached hydrogen (secondary N) is 1. The molecule has 2 aromatic carbocycles. The van der Waals surface area contributed by atoms with Crippen molar-refractivity contribution in [3.63, 3.8) is 0 Å². The van der Waals surface area contributed by atoms with Crippen LogP contribution in [0.4, 0.5) is 11.4 Å². The number of anilines is 1. The van der Waals surface area contributed by atoms with Gasteiger partial charge in [-0.3, -0.25) is 14.9 Å². The molecule has 0 aliphatic heterocycles. The van der Waals surface area contributed by atoms with E-state index in [0.29, 0.717) is 27.4 Å². The predicted octanol–water partition coefficient (Wildman–Crippen LogP) is 4.64. The molecule has 31 heavy (non-hydrogen) atoms. The molecule has 0 saturated heterocycles. The Labute approximate surface area is 187 Å². The van der Waals surface area contributed by atoms with Gasteiger partial charge in [0, 0.05) is 24.9 Å².